The first kappa shape index (κ1) is 11.9. The third-order valence-corrected chi connectivity index (χ3v) is 3.65. The third-order valence-electron chi connectivity index (χ3n) is 2.36. The Morgan fingerprint density at radius 1 is 1.40 bits per heavy atom. The van der Waals surface area contributed by atoms with Crippen LogP contribution in [0.15, 0.2) is 17.4 Å². The molecule has 0 aliphatic heterocycles. The number of rotatable bonds is 3. The van der Waals surface area contributed by atoms with Crippen LogP contribution in [0.1, 0.15) is 34.7 Å². The van der Waals surface area contributed by atoms with Crippen LogP contribution < -0.4 is 5.43 Å². The fourth-order valence-corrected chi connectivity index (χ4v) is 2.65. The van der Waals surface area contributed by atoms with Crippen molar-refractivity contribution in [3.8, 4) is 0 Å². The van der Waals surface area contributed by atoms with Crippen molar-refractivity contribution in [2.75, 3.05) is 0 Å². The van der Waals surface area contributed by atoms with Crippen LogP contribution in [0, 0.1) is 6.92 Å². The quantitative estimate of drug-likeness (QED) is 0.760. The van der Waals surface area contributed by atoms with Gasteiger partial charge in [0.2, 0.25) is 0 Å². The van der Waals surface area contributed by atoms with Gasteiger partial charge in [-0.25, -0.2) is 0 Å². The second kappa shape index (κ2) is 5.08. The molecule has 0 N–H and O–H groups in total. The average Bonchev–Trinajstić information content (AvgIpc) is 2.24. The van der Waals surface area contributed by atoms with E-state index in [1.807, 2.05) is 32.9 Å². The van der Waals surface area contributed by atoms with E-state index in [1.54, 1.807) is 17.4 Å². The van der Waals surface area contributed by atoms with Gasteiger partial charge in [0.25, 0.3) is 0 Å². The molecule has 0 bridgehead atoms. The van der Waals surface area contributed by atoms with E-state index in [2.05, 4.69) is 6.58 Å². The van der Waals surface area contributed by atoms with E-state index in [4.69, 9.17) is 0 Å². The third kappa shape index (κ3) is 2.26. The zero-order chi connectivity index (χ0) is 11.4. The van der Waals surface area contributed by atoms with Crippen LogP contribution in [0.3, 0.4) is 0 Å². The van der Waals surface area contributed by atoms with Crippen molar-refractivity contribution < 1.29 is 0 Å². The molecule has 0 aliphatic rings. The number of hydrogen-bond acceptors (Lipinski definition) is 2. The van der Waals surface area contributed by atoms with Crippen LogP contribution in [0.5, 0.6) is 0 Å². The molecule has 0 aromatic carbocycles. The SMILES string of the molecule is C=Cc1sc(/C=C\C)c(CC)c(=O)c1C. The van der Waals surface area contributed by atoms with Gasteiger partial charge < -0.3 is 0 Å². The van der Waals surface area contributed by atoms with Crippen molar-refractivity contribution in [3.05, 3.63) is 43.8 Å². The van der Waals surface area contributed by atoms with E-state index in [0.29, 0.717) is 0 Å². The molecule has 15 heavy (non-hydrogen) atoms. The van der Waals surface area contributed by atoms with E-state index in [-0.39, 0.29) is 5.43 Å². The molecule has 2 heteroatoms. The van der Waals surface area contributed by atoms with Gasteiger partial charge in [0.05, 0.1) is 0 Å². The van der Waals surface area contributed by atoms with Gasteiger partial charge in [-0.05, 0) is 26.3 Å². The molecule has 0 aliphatic carbocycles. The molecule has 0 saturated heterocycles. The van der Waals surface area contributed by atoms with Crippen LogP contribution in [0.4, 0.5) is 0 Å². The molecule has 0 atom stereocenters. The fraction of sp³-hybridized carbons (Fsp3) is 0.308. The second-order valence-electron chi connectivity index (χ2n) is 3.32. The van der Waals surface area contributed by atoms with E-state index in [1.165, 1.54) is 0 Å². The van der Waals surface area contributed by atoms with E-state index in [0.717, 1.165) is 27.3 Å². The van der Waals surface area contributed by atoms with Crippen LogP contribution in [0.25, 0.3) is 12.2 Å². The Bertz CT molecular complexity index is 452. The molecular formula is C13H16OS. The highest BCUT2D eigenvalue weighted by Crippen LogP contribution is 2.21. The summed E-state index contributed by atoms with van der Waals surface area (Å²) < 4.78 is 0. The highest BCUT2D eigenvalue weighted by molar-refractivity contribution is 7.13. The van der Waals surface area contributed by atoms with Crippen molar-refractivity contribution in [2.24, 2.45) is 0 Å². The maximum Gasteiger partial charge on any atom is 0.187 e. The molecule has 80 valence electrons. The van der Waals surface area contributed by atoms with Crippen LogP contribution in [-0.4, -0.2) is 0 Å². The summed E-state index contributed by atoms with van der Waals surface area (Å²) in [6, 6.07) is 0. The monoisotopic (exact) mass is 220 g/mol. The van der Waals surface area contributed by atoms with Gasteiger partial charge in [-0.2, -0.15) is 0 Å². The van der Waals surface area contributed by atoms with Gasteiger partial charge in [-0.3, -0.25) is 4.79 Å². The van der Waals surface area contributed by atoms with Gasteiger partial charge >= 0.3 is 0 Å². The molecule has 1 rings (SSSR count). The first-order valence-corrected chi connectivity index (χ1v) is 5.89. The van der Waals surface area contributed by atoms with Gasteiger partial charge in [0.15, 0.2) is 5.43 Å². The van der Waals surface area contributed by atoms with Crippen LogP contribution in [0.2, 0.25) is 0 Å². The minimum absolute atomic E-state index is 0.166. The van der Waals surface area contributed by atoms with E-state index in [9.17, 15) is 4.79 Å². The Morgan fingerprint density at radius 3 is 2.53 bits per heavy atom. The van der Waals surface area contributed by atoms with Crippen molar-refractivity contribution >= 4 is 23.5 Å². The molecule has 0 unspecified atom stereocenters. The van der Waals surface area contributed by atoms with E-state index < -0.39 is 0 Å². The number of hydrogen-bond donors (Lipinski definition) is 0. The summed E-state index contributed by atoms with van der Waals surface area (Å²) in [4.78, 5) is 14.0. The largest absolute Gasteiger partial charge is 0.289 e. The molecule has 0 saturated carbocycles. The molecule has 0 radical (unpaired) electrons. The number of allylic oxidation sites excluding steroid dienone is 1. The summed E-state index contributed by atoms with van der Waals surface area (Å²) in [5.41, 5.74) is 1.90. The maximum absolute atomic E-state index is 12.0. The highest BCUT2D eigenvalue weighted by atomic mass is 32.1. The first-order chi connectivity index (χ1) is 7.15. The summed E-state index contributed by atoms with van der Waals surface area (Å²) in [5, 5.41) is 0. The van der Waals surface area contributed by atoms with Crippen LogP contribution in [-0.2, 0) is 6.42 Å². The predicted molar refractivity (Wildman–Crippen MR) is 69.5 cm³/mol. The molecule has 1 aromatic rings. The lowest BCUT2D eigenvalue weighted by Crippen LogP contribution is -2.13. The molecule has 0 amide bonds. The van der Waals surface area contributed by atoms with Gasteiger partial charge in [-0.15, -0.1) is 11.3 Å². The maximum atomic E-state index is 12.0. The zero-order valence-electron chi connectivity index (χ0n) is 9.46. The summed E-state index contributed by atoms with van der Waals surface area (Å²) in [7, 11) is 0. The Labute approximate surface area is 94.8 Å². The zero-order valence-corrected chi connectivity index (χ0v) is 10.3. The molecule has 1 aromatic heterocycles. The lowest BCUT2D eigenvalue weighted by atomic mass is 10.1. The molecule has 1 nitrogen and oxygen atoms in total. The standard InChI is InChI=1S/C13H16OS/c1-5-8-12-10(6-2)13(14)9(4)11(7-3)15-12/h5,7-8H,3,6H2,1-2,4H3/b8-5-. The van der Waals surface area contributed by atoms with Crippen molar-refractivity contribution in [1.82, 2.24) is 0 Å². The Morgan fingerprint density at radius 2 is 2.07 bits per heavy atom. The normalized spacial score (nSPS) is 10.9. The molecule has 1 heterocycles. The van der Waals surface area contributed by atoms with Crippen LogP contribution >= 0.6 is 11.3 Å². The van der Waals surface area contributed by atoms with Gasteiger partial charge in [0.1, 0.15) is 0 Å². The lowest BCUT2D eigenvalue weighted by molar-refractivity contribution is 1.11. The van der Waals surface area contributed by atoms with Crippen molar-refractivity contribution in [3.63, 3.8) is 0 Å². The predicted octanol–water partition coefficient (Wildman–Crippen LogP) is 3.66. The van der Waals surface area contributed by atoms with Crippen molar-refractivity contribution in [2.45, 2.75) is 27.2 Å². The minimum atomic E-state index is 0.166. The molecular weight excluding hydrogens is 204 g/mol. The Hall–Kier alpha value is -1.15. The Kier molecular flexibility index (Phi) is 4.04. The summed E-state index contributed by atoms with van der Waals surface area (Å²) in [6.07, 6.45) is 6.51. The van der Waals surface area contributed by atoms with Gasteiger partial charge in [0, 0.05) is 20.9 Å². The van der Waals surface area contributed by atoms with Gasteiger partial charge in [-0.1, -0.05) is 25.7 Å². The fourth-order valence-electron chi connectivity index (χ4n) is 1.52. The summed E-state index contributed by atoms with van der Waals surface area (Å²) in [6.45, 7) is 9.59. The lowest BCUT2D eigenvalue weighted by Gasteiger charge is -2.06. The minimum Gasteiger partial charge on any atom is -0.289 e. The second-order valence-corrected chi connectivity index (χ2v) is 4.40. The molecule has 0 fully saturated rings. The first-order valence-electron chi connectivity index (χ1n) is 5.07. The summed E-state index contributed by atoms with van der Waals surface area (Å²) in [5.74, 6) is 0. The van der Waals surface area contributed by atoms with Crippen molar-refractivity contribution in [1.29, 1.82) is 0 Å². The topological polar surface area (TPSA) is 17.1 Å². The smallest absolute Gasteiger partial charge is 0.187 e. The van der Waals surface area contributed by atoms with E-state index >= 15 is 0 Å². The Balaban J connectivity index is 3.58. The average molecular weight is 220 g/mol. The highest BCUT2D eigenvalue weighted by Gasteiger charge is 2.09. The summed E-state index contributed by atoms with van der Waals surface area (Å²) >= 11 is 1.63. The molecule has 0 spiro atoms.